The van der Waals surface area contributed by atoms with Gasteiger partial charge < -0.3 is 0 Å². The highest BCUT2D eigenvalue weighted by Crippen LogP contribution is 2.29. The average molecular weight is 181 g/mol. The lowest BCUT2D eigenvalue weighted by Crippen LogP contribution is -1.66. The SMILES string of the molecule is CSc1cc2ncccc2s1. The molecule has 0 N–H and O–H groups in total. The molecule has 2 aromatic rings. The molecule has 3 heteroatoms. The van der Waals surface area contributed by atoms with Gasteiger partial charge in [-0.1, -0.05) is 0 Å². The Kier molecular flexibility index (Phi) is 1.84. The van der Waals surface area contributed by atoms with Gasteiger partial charge in [0.15, 0.2) is 0 Å². The highest BCUT2D eigenvalue weighted by atomic mass is 32.2. The molecular formula is C8H7NS2. The predicted octanol–water partition coefficient (Wildman–Crippen LogP) is 3.02. The number of hydrogen-bond acceptors (Lipinski definition) is 3. The zero-order valence-electron chi connectivity index (χ0n) is 6.07. The van der Waals surface area contributed by atoms with Gasteiger partial charge in [0.2, 0.25) is 0 Å². The second-order valence-corrected chi connectivity index (χ2v) is 4.35. The van der Waals surface area contributed by atoms with Crippen LogP contribution in [-0.2, 0) is 0 Å². The number of aromatic nitrogens is 1. The van der Waals surface area contributed by atoms with Crippen molar-refractivity contribution in [1.29, 1.82) is 0 Å². The second-order valence-electron chi connectivity index (χ2n) is 2.16. The van der Waals surface area contributed by atoms with Crippen molar-refractivity contribution in [2.24, 2.45) is 0 Å². The molecule has 0 aliphatic rings. The fourth-order valence-corrected chi connectivity index (χ4v) is 2.53. The Bertz CT molecular complexity index is 334. The van der Waals surface area contributed by atoms with Gasteiger partial charge in [0.25, 0.3) is 0 Å². The van der Waals surface area contributed by atoms with Gasteiger partial charge in [0.05, 0.1) is 14.4 Å². The number of thioether (sulfide) groups is 1. The molecule has 2 aromatic heterocycles. The molecule has 0 aromatic carbocycles. The summed E-state index contributed by atoms with van der Waals surface area (Å²) < 4.78 is 2.61. The first kappa shape index (κ1) is 7.13. The number of thiophene rings is 1. The Morgan fingerprint density at radius 2 is 2.45 bits per heavy atom. The summed E-state index contributed by atoms with van der Waals surface area (Å²) in [5.41, 5.74) is 1.11. The van der Waals surface area contributed by atoms with Crippen molar-refractivity contribution in [3.05, 3.63) is 24.4 Å². The monoisotopic (exact) mass is 181 g/mol. The van der Waals surface area contributed by atoms with Crippen LogP contribution in [-0.4, -0.2) is 11.2 Å². The van der Waals surface area contributed by atoms with Crippen LogP contribution in [0.1, 0.15) is 0 Å². The summed E-state index contributed by atoms with van der Waals surface area (Å²) >= 11 is 3.57. The van der Waals surface area contributed by atoms with E-state index in [1.54, 1.807) is 23.1 Å². The fourth-order valence-electron chi connectivity index (χ4n) is 0.948. The Morgan fingerprint density at radius 1 is 1.55 bits per heavy atom. The first-order chi connectivity index (χ1) is 5.40. The van der Waals surface area contributed by atoms with E-state index in [0.717, 1.165) is 5.52 Å². The first-order valence-electron chi connectivity index (χ1n) is 3.29. The van der Waals surface area contributed by atoms with Crippen molar-refractivity contribution >= 4 is 33.3 Å². The van der Waals surface area contributed by atoms with E-state index in [-0.39, 0.29) is 0 Å². The molecule has 0 fully saturated rings. The normalized spacial score (nSPS) is 10.6. The molecule has 0 radical (unpaired) electrons. The predicted molar refractivity (Wildman–Crippen MR) is 51.4 cm³/mol. The van der Waals surface area contributed by atoms with Gasteiger partial charge in [-0.05, 0) is 24.5 Å². The second kappa shape index (κ2) is 2.83. The molecule has 0 amide bonds. The van der Waals surface area contributed by atoms with Crippen LogP contribution in [0.15, 0.2) is 28.6 Å². The summed E-state index contributed by atoms with van der Waals surface area (Å²) in [6, 6.07) is 6.21. The quantitative estimate of drug-likeness (QED) is 0.627. The van der Waals surface area contributed by atoms with Crippen molar-refractivity contribution in [3.63, 3.8) is 0 Å². The van der Waals surface area contributed by atoms with Crippen LogP contribution < -0.4 is 0 Å². The van der Waals surface area contributed by atoms with E-state index in [4.69, 9.17) is 0 Å². The van der Waals surface area contributed by atoms with Gasteiger partial charge >= 0.3 is 0 Å². The zero-order chi connectivity index (χ0) is 7.68. The van der Waals surface area contributed by atoms with Crippen molar-refractivity contribution in [3.8, 4) is 0 Å². The number of nitrogens with zero attached hydrogens (tertiary/aromatic N) is 1. The van der Waals surface area contributed by atoms with Crippen LogP contribution >= 0.6 is 23.1 Å². The molecule has 0 aliphatic heterocycles. The molecule has 0 saturated carbocycles. The van der Waals surface area contributed by atoms with Crippen LogP contribution in [0.4, 0.5) is 0 Å². The minimum Gasteiger partial charge on any atom is -0.255 e. The molecule has 2 rings (SSSR count). The zero-order valence-corrected chi connectivity index (χ0v) is 7.71. The van der Waals surface area contributed by atoms with E-state index < -0.39 is 0 Å². The maximum absolute atomic E-state index is 4.25. The lowest BCUT2D eigenvalue weighted by molar-refractivity contribution is 1.42. The molecule has 0 atom stereocenters. The fraction of sp³-hybridized carbons (Fsp3) is 0.125. The van der Waals surface area contributed by atoms with Crippen LogP contribution in [0.5, 0.6) is 0 Å². The van der Waals surface area contributed by atoms with Crippen LogP contribution in [0.3, 0.4) is 0 Å². The summed E-state index contributed by atoms with van der Waals surface area (Å²) in [5.74, 6) is 0. The molecule has 0 spiro atoms. The highest BCUT2D eigenvalue weighted by Gasteiger charge is 1.98. The van der Waals surface area contributed by atoms with Gasteiger partial charge in [0.1, 0.15) is 0 Å². The number of hydrogen-bond donors (Lipinski definition) is 0. The van der Waals surface area contributed by atoms with Gasteiger partial charge in [-0.3, -0.25) is 4.98 Å². The molecule has 1 nitrogen and oxygen atoms in total. The maximum atomic E-state index is 4.25. The Morgan fingerprint density at radius 3 is 3.18 bits per heavy atom. The van der Waals surface area contributed by atoms with Gasteiger partial charge in [-0.15, -0.1) is 23.1 Å². The Balaban J connectivity index is 2.69. The van der Waals surface area contributed by atoms with Gasteiger partial charge in [-0.25, -0.2) is 0 Å². The Hall–Kier alpha value is -0.540. The van der Waals surface area contributed by atoms with E-state index in [2.05, 4.69) is 23.4 Å². The maximum Gasteiger partial charge on any atom is 0.0821 e. The van der Waals surface area contributed by atoms with Crippen molar-refractivity contribution in [1.82, 2.24) is 4.98 Å². The van der Waals surface area contributed by atoms with Crippen molar-refractivity contribution in [2.75, 3.05) is 6.26 Å². The summed E-state index contributed by atoms with van der Waals surface area (Å²) in [4.78, 5) is 4.25. The third-order valence-electron chi connectivity index (χ3n) is 1.47. The summed E-state index contributed by atoms with van der Waals surface area (Å²) in [6.07, 6.45) is 3.92. The summed E-state index contributed by atoms with van der Waals surface area (Å²) in [5, 5.41) is 0. The third-order valence-corrected chi connectivity index (χ3v) is 3.62. The standard InChI is InChI=1S/C8H7NS2/c1-10-8-5-6-7(11-8)3-2-4-9-6/h2-5H,1H3. The minimum atomic E-state index is 1.11. The lowest BCUT2D eigenvalue weighted by Gasteiger charge is -1.81. The van der Waals surface area contributed by atoms with E-state index >= 15 is 0 Å². The number of fused-ring (bicyclic) bond motifs is 1. The van der Waals surface area contributed by atoms with Crippen LogP contribution in [0, 0.1) is 0 Å². The molecule has 0 saturated heterocycles. The minimum absolute atomic E-state index is 1.11. The molecule has 56 valence electrons. The van der Waals surface area contributed by atoms with Crippen LogP contribution in [0.25, 0.3) is 10.2 Å². The molecule has 0 bridgehead atoms. The first-order valence-corrected chi connectivity index (χ1v) is 5.33. The molecule has 11 heavy (non-hydrogen) atoms. The molecule has 0 unspecified atom stereocenters. The third kappa shape index (κ3) is 1.26. The van der Waals surface area contributed by atoms with Gasteiger partial charge in [0, 0.05) is 6.20 Å². The van der Waals surface area contributed by atoms with E-state index in [9.17, 15) is 0 Å². The lowest BCUT2D eigenvalue weighted by atomic mass is 10.4. The molecule has 0 aliphatic carbocycles. The topological polar surface area (TPSA) is 12.9 Å². The molecule has 2 heterocycles. The smallest absolute Gasteiger partial charge is 0.0821 e. The average Bonchev–Trinajstić information content (AvgIpc) is 2.46. The van der Waals surface area contributed by atoms with Crippen LogP contribution in [0.2, 0.25) is 0 Å². The highest BCUT2D eigenvalue weighted by molar-refractivity contribution is 8.00. The van der Waals surface area contributed by atoms with Crippen molar-refractivity contribution < 1.29 is 0 Å². The summed E-state index contributed by atoms with van der Waals surface area (Å²) in [6.45, 7) is 0. The largest absolute Gasteiger partial charge is 0.255 e. The summed E-state index contributed by atoms with van der Waals surface area (Å²) in [7, 11) is 0. The number of rotatable bonds is 1. The molecular weight excluding hydrogens is 174 g/mol. The Labute approximate surface area is 73.5 Å². The van der Waals surface area contributed by atoms with E-state index in [1.807, 2.05) is 12.3 Å². The van der Waals surface area contributed by atoms with Crippen molar-refractivity contribution in [2.45, 2.75) is 4.21 Å². The van der Waals surface area contributed by atoms with Gasteiger partial charge in [-0.2, -0.15) is 0 Å². The van der Waals surface area contributed by atoms with E-state index in [1.165, 1.54) is 8.91 Å². The van der Waals surface area contributed by atoms with E-state index in [0.29, 0.717) is 0 Å². The number of pyridine rings is 1.